The van der Waals surface area contributed by atoms with Crippen LogP contribution in [0.25, 0.3) is 0 Å². The first kappa shape index (κ1) is 9.49. The van der Waals surface area contributed by atoms with Crippen molar-refractivity contribution < 1.29 is 17.9 Å². The van der Waals surface area contributed by atoms with Crippen molar-refractivity contribution in [1.29, 1.82) is 0 Å². The van der Waals surface area contributed by atoms with Crippen molar-refractivity contribution in [2.45, 2.75) is 13.3 Å². The predicted molar refractivity (Wildman–Crippen MR) is 30.9 cm³/mol. The lowest BCUT2D eigenvalue weighted by atomic mass is 10.4. The average Bonchev–Trinajstić information content (AvgIpc) is 1.88. The van der Waals surface area contributed by atoms with Crippen LogP contribution < -0.4 is 0 Å². The molecule has 59 valence electrons. The van der Waals surface area contributed by atoms with Gasteiger partial charge >= 0.3 is 6.08 Å². The van der Waals surface area contributed by atoms with Gasteiger partial charge in [-0.15, -0.1) is 0 Å². The normalized spacial score (nSPS) is 9.60. The Morgan fingerprint density at radius 1 is 1.40 bits per heavy atom. The van der Waals surface area contributed by atoms with E-state index < -0.39 is 11.9 Å². The summed E-state index contributed by atoms with van der Waals surface area (Å²) in [5.74, 6) is -1.40. The van der Waals surface area contributed by atoms with Gasteiger partial charge in [-0.2, -0.15) is 8.78 Å². The second-order valence-electron chi connectivity index (χ2n) is 1.52. The van der Waals surface area contributed by atoms with E-state index in [0.717, 1.165) is 0 Å². The first-order valence-corrected chi connectivity index (χ1v) is 2.77. The highest BCUT2D eigenvalue weighted by atomic mass is 19.3. The third kappa shape index (κ3) is 4.38. The largest absolute Gasteiger partial charge is 0.375 e. The quantitative estimate of drug-likeness (QED) is 0.564. The van der Waals surface area contributed by atoms with E-state index in [1.165, 1.54) is 6.61 Å². The molecular weight excluding hydrogens is 145 g/mol. The van der Waals surface area contributed by atoms with Crippen LogP contribution in [-0.2, 0) is 4.74 Å². The summed E-state index contributed by atoms with van der Waals surface area (Å²) in [6, 6.07) is 0. The number of hydrogen-bond acceptors (Lipinski definition) is 1. The first-order valence-electron chi connectivity index (χ1n) is 2.77. The molecule has 0 bridgehead atoms. The molecule has 0 rings (SSSR count). The minimum absolute atomic E-state index is 0.0420. The van der Waals surface area contributed by atoms with E-state index in [2.05, 4.69) is 4.74 Å². The van der Waals surface area contributed by atoms with Crippen LogP contribution in [0.1, 0.15) is 13.3 Å². The zero-order valence-corrected chi connectivity index (χ0v) is 5.53. The minimum Gasteiger partial charge on any atom is -0.375 e. The van der Waals surface area contributed by atoms with E-state index in [1.54, 1.807) is 6.92 Å². The Kier molecular flexibility index (Phi) is 5.02. The van der Waals surface area contributed by atoms with Crippen molar-refractivity contribution >= 4 is 0 Å². The van der Waals surface area contributed by atoms with Gasteiger partial charge in [-0.25, -0.2) is 4.39 Å². The van der Waals surface area contributed by atoms with Crippen LogP contribution in [0.5, 0.6) is 0 Å². The summed E-state index contributed by atoms with van der Waals surface area (Å²) in [7, 11) is 0. The topological polar surface area (TPSA) is 9.23 Å². The third-order valence-corrected chi connectivity index (χ3v) is 0.811. The van der Waals surface area contributed by atoms with Gasteiger partial charge in [-0.05, 0) is 6.92 Å². The average molecular weight is 153 g/mol. The molecule has 1 nitrogen and oxygen atoms in total. The standard InChI is InChI=1S/C6H8F3O/c1-2-10-4-3-5(7)6(8)9/h2H,3-4H2,1H3. The van der Waals surface area contributed by atoms with Gasteiger partial charge in [0.2, 0.25) is 0 Å². The van der Waals surface area contributed by atoms with E-state index >= 15 is 0 Å². The highest BCUT2D eigenvalue weighted by Crippen LogP contribution is 2.12. The van der Waals surface area contributed by atoms with E-state index in [4.69, 9.17) is 0 Å². The lowest BCUT2D eigenvalue weighted by Crippen LogP contribution is -1.90. The minimum atomic E-state index is -2.26. The molecule has 0 aliphatic carbocycles. The lowest BCUT2D eigenvalue weighted by molar-refractivity contribution is 0.198. The molecule has 0 heterocycles. The highest BCUT2D eigenvalue weighted by molar-refractivity contribution is 4.90. The van der Waals surface area contributed by atoms with Crippen LogP contribution >= 0.6 is 0 Å². The smallest absolute Gasteiger partial charge is 0.301 e. The van der Waals surface area contributed by atoms with Gasteiger partial charge in [0.1, 0.15) is 0 Å². The molecule has 10 heavy (non-hydrogen) atoms. The van der Waals surface area contributed by atoms with Gasteiger partial charge < -0.3 is 4.74 Å². The molecule has 4 heteroatoms. The fourth-order valence-electron chi connectivity index (χ4n) is 0.361. The van der Waals surface area contributed by atoms with Gasteiger partial charge in [0, 0.05) is 6.42 Å². The Morgan fingerprint density at radius 3 is 2.40 bits per heavy atom. The fraction of sp³-hybridized carbons (Fsp3) is 0.500. The molecule has 0 aromatic heterocycles. The van der Waals surface area contributed by atoms with Gasteiger partial charge in [0.15, 0.2) is 5.83 Å². The van der Waals surface area contributed by atoms with Gasteiger partial charge in [0.05, 0.1) is 13.2 Å². The molecule has 0 aromatic rings. The molecule has 0 N–H and O–H groups in total. The fourth-order valence-corrected chi connectivity index (χ4v) is 0.361. The van der Waals surface area contributed by atoms with E-state index in [0.29, 0.717) is 0 Å². The number of rotatable bonds is 4. The molecule has 0 aliphatic rings. The highest BCUT2D eigenvalue weighted by Gasteiger charge is 2.03. The van der Waals surface area contributed by atoms with Crippen molar-refractivity contribution in [1.82, 2.24) is 0 Å². The SMILES string of the molecule is C[CH]OCCC(F)=C(F)F. The zero-order chi connectivity index (χ0) is 7.98. The summed E-state index contributed by atoms with van der Waals surface area (Å²) in [6.45, 7) is 2.87. The summed E-state index contributed by atoms with van der Waals surface area (Å²) in [5, 5.41) is 0. The van der Waals surface area contributed by atoms with E-state index in [9.17, 15) is 13.2 Å². The molecular formula is C6H8F3O. The monoisotopic (exact) mass is 153 g/mol. The van der Waals surface area contributed by atoms with Crippen LogP contribution in [0.15, 0.2) is 11.9 Å². The van der Waals surface area contributed by atoms with Crippen molar-refractivity contribution in [2.75, 3.05) is 6.61 Å². The predicted octanol–water partition coefficient (Wildman–Crippen LogP) is 2.65. The van der Waals surface area contributed by atoms with Crippen LogP contribution in [0, 0.1) is 6.61 Å². The van der Waals surface area contributed by atoms with Crippen LogP contribution in [0.3, 0.4) is 0 Å². The van der Waals surface area contributed by atoms with Crippen LogP contribution in [0.4, 0.5) is 13.2 Å². The van der Waals surface area contributed by atoms with Crippen LogP contribution in [-0.4, -0.2) is 6.61 Å². The van der Waals surface area contributed by atoms with E-state index in [-0.39, 0.29) is 13.0 Å². The Hall–Kier alpha value is -0.510. The second-order valence-corrected chi connectivity index (χ2v) is 1.52. The molecule has 0 atom stereocenters. The van der Waals surface area contributed by atoms with Gasteiger partial charge in [0.25, 0.3) is 0 Å². The molecule has 0 amide bonds. The summed E-state index contributed by atoms with van der Waals surface area (Å²) in [5.41, 5.74) is 0. The van der Waals surface area contributed by atoms with E-state index in [1.807, 2.05) is 0 Å². The third-order valence-electron chi connectivity index (χ3n) is 0.811. The number of halogens is 3. The lowest BCUT2D eigenvalue weighted by Gasteiger charge is -1.95. The molecule has 0 spiro atoms. The Morgan fingerprint density at radius 2 is 2.00 bits per heavy atom. The Bertz CT molecular complexity index is 118. The Balaban J connectivity index is 3.40. The van der Waals surface area contributed by atoms with Crippen LogP contribution in [0.2, 0.25) is 0 Å². The summed E-state index contributed by atoms with van der Waals surface area (Å²) in [4.78, 5) is 0. The maximum Gasteiger partial charge on any atom is 0.301 e. The van der Waals surface area contributed by atoms with Crippen molar-refractivity contribution in [2.24, 2.45) is 0 Å². The summed E-state index contributed by atoms with van der Waals surface area (Å²) in [6.07, 6.45) is -2.63. The maximum absolute atomic E-state index is 11.9. The van der Waals surface area contributed by atoms with Gasteiger partial charge in [-0.1, -0.05) is 0 Å². The molecule has 0 unspecified atom stereocenters. The summed E-state index contributed by atoms with van der Waals surface area (Å²) >= 11 is 0. The molecule has 0 fully saturated rings. The second kappa shape index (κ2) is 5.29. The molecule has 0 aliphatic heterocycles. The molecule has 0 saturated carbocycles. The molecule has 0 aromatic carbocycles. The zero-order valence-electron chi connectivity index (χ0n) is 5.53. The number of ether oxygens (including phenoxy) is 1. The van der Waals surface area contributed by atoms with Crippen molar-refractivity contribution in [3.8, 4) is 0 Å². The van der Waals surface area contributed by atoms with Gasteiger partial charge in [-0.3, -0.25) is 0 Å². The maximum atomic E-state index is 11.9. The molecule has 0 saturated heterocycles. The van der Waals surface area contributed by atoms with Crippen molar-refractivity contribution in [3.63, 3.8) is 0 Å². The Labute approximate surface area is 57.5 Å². The molecule has 1 radical (unpaired) electrons. The first-order chi connectivity index (χ1) is 4.68. The number of hydrogen-bond donors (Lipinski definition) is 0. The van der Waals surface area contributed by atoms with Crippen molar-refractivity contribution in [3.05, 3.63) is 18.5 Å². The summed E-state index contributed by atoms with van der Waals surface area (Å²) < 4.78 is 39.0.